The van der Waals surface area contributed by atoms with Gasteiger partial charge in [0.2, 0.25) is 0 Å². The highest BCUT2D eigenvalue weighted by atomic mass is 127. The van der Waals surface area contributed by atoms with Crippen molar-refractivity contribution in [3.05, 3.63) is 68.8 Å². The maximum absolute atomic E-state index is 14.0. The lowest BCUT2D eigenvalue weighted by Crippen LogP contribution is -2.33. The third kappa shape index (κ3) is 4.08. The molecular weight excluding hydrogens is 443 g/mol. The van der Waals surface area contributed by atoms with E-state index in [0.717, 1.165) is 9.64 Å². The minimum Gasteiger partial charge on any atom is -0.338 e. The Kier molecular flexibility index (Phi) is 5.76. The molecule has 2 nitrogen and oxygen atoms in total. The van der Waals surface area contributed by atoms with E-state index in [1.807, 2.05) is 24.3 Å². The summed E-state index contributed by atoms with van der Waals surface area (Å²) in [6.07, 6.45) is 0.612. The van der Waals surface area contributed by atoms with Gasteiger partial charge in [-0.3, -0.25) is 4.79 Å². The fourth-order valence-electron chi connectivity index (χ4n) is 2.79. The molecule has 0 aromatic heterocycles. The summed E-state index contributed by atoms with van der Waals surface area (Å²) in [7, 11) is 0. The maximum Gasteiger partial charge on any atom is 0.253 e. The van der Waals surface area contributed by atoms with E-state index in [0.29, 0.717) is 36.4 Å². The fourth-order valence-corrected chi connectivity index (χ4v) is 4.57. The van der Waals surface area contributed by atoms with Crippen molar-refractivity contribution in [1.29, 1.82) is 0 Å². The first-order chi connectivity index (χ1) is 11.5. The van der Waals surface area contributed by atoms with Crippen LogP contribution in [-0.2, 0) is 0 Å². The van der Waals surface area contributed by atoms with Crippen LogP contribution in [0.1, 0.15) is 27.6 Å². The zero-order valence-electron chi connectivity index (χ0n) is 12.8. The van der Waals surface area contributed by atoms with Gasteiger partial charge in [-0.1, -0.05) is 6.07 Å². The van der Waals surface area contributed by atoms with Crippen molar-refractivity contribution in [2.75, 3.05) is 18.8 Å². The van der Waals surface area contributed by atoms with Gasteiger partial charge in [-0.25, -0.2) is 8.78 Å². The predicted octanol–water partition coefficient (Wildman–Crippen LogP) is 4.89. The van der Waals surface area contributed by atoms with Crippen LogP contribution in [0.15, 0.2) is 42.5 Å². The van der Waals surface area contributed by atoms with Gasteiger partial charge < -0.3 is 4.90 Å². The lowest BCUT2D eigenvalue weighted by Gasteiger charge is -2.20. The molecule has 24 heavy (non-hydrogen) atoms. The van der Waals surface area contributed by atoms with Crippen molar-refractivity contribution in [2.45, 2.75) is 11.7 Å². The average Bonchev–Trinajstić information content (AvgIpc) is 2.82. The summed E-state index contributed by atoms with van der Waals surface area (Å²) < 4.78 is 28.4. The van der Waals surface area contributed by atoms with E-state index in [1.54, 1.807) is 16.7 Å². The van der Waals surface area contributed by atoms with Crippen LogP contribution in [0.5, 0.6) is 0 Å². The Labute approximate surface area is 157 Å². The number of hydrogen-bond acceptors (Lipinski definition) is 2. The van der Waals surface area contributed by atoms with E-state index in [4.69, 9.17) is 0 Å². The van der Waals surface area contributed by atoms with Gasteiger partial charge in [0.1, 0.15) is 11.6 Å². The standard InChI is InChI=1S/C18H16F2INOS/c19-13-4-5-16(20)15(11-13)17-6-7-22(8-9-24-17)18(23)12-2-1-3-14(21)10-12/h1-5,10-11,17H,6-9H2. The number of rotatable bonds is 2. The number of nitrogens with zero attached hydrogens (tertiary/aromatic N) is 1. The molecule has 3 rings (SSSR count). The molecule has 6 heteroatoms. The third-order valence-electron chi connectivity index (χ3n) is 4.01. The number of carbonyl (C=O) groups is 1. The Bertz CT molecular complexity index is 756. The van der Waals surface area contributed by atoms with Crippen molar-refractivity contribution >= 4 is 40.3 Å². The smallest absolute Gasteiger partial charge is 0.253 e. The van der Waals surface area contributed by atoms with Crippen LogP contribution in [0, 0.1) is 15.2 Å². The first-order valence-electron chi connectivity index (χ1n) is 7.66. The van der Waals surface area contributed by atoms with Crippen molar-refractivity contribution < 1.29 is 13.6 Å². The van der Waals surface area contributed by atoms with E-state index in [2.05, 4.69) is 22.6 Å². The van der Waals surface area contributed by atoms with E-state index < -0.39 is 5.82 Å². The van der Waals surface area contributed by atoms with Gasteiger partial charge in [0, 0.05) is 38.8 Å². The Morgan fingerprint density at radius 1 is 1.17 bits per heavy atom. The van der Waals surface area contributed by atoms with Crippen molar-refractivity contribution in [3.8, 4) is 0 Å². The lowest BCUT2D eigenvalue weighted by atomic mass is 10.1. The first kappa shape index (κ1) is 17.7. The summed E-state index contributed by atoms with van der Waals surface area (Å²) in [5.41, 5.74) is 1.06. The fraction of sp³-hybridized carbons (Fsp3) is 0.278. The number of thioether (sulfide) groups is 1. The number of carbonyl (C=O) groups excluding carboxylic acids is 1. The summed E-state index contributed by atoms with van der Waals surface area (Å²) >= 11 is 3.76. The molecule has 2 aromatic rings. The van der Waals surface area contributed by atoms with E-state index in [9.17, 15) is 13.6 Å². The SMILES string of the molecule is O=C(c1cccc(I)c1)N1CCSC(c2cc(F)ccc2F)CC1. The zero-order chi connectivity index (χ0) is 17.1. The number of hydrogen-bond donors (Lipinski definition) is 0. The lowest BCUT2D eigenvalue weighted by molar-refractivity contribution is 0.0766. The quantitative estimate of drug-likeness (QED) is 0.597. The molecule has 2 aromatic carbocycles. The minimum absolute atomic E-state index is 0.00511. The van der Waals surface area contributed by atoms with Gasteiger partial charge >= 0.3 is 0 Å². The van der Waals surface area contributed by atoms with Crippen LogP contribution < -0.4 is 0 Å². The van der Waals surface area contributed by atoms with Gasteiger partial charge in [0.25, 0.3) is 5.91 Å². The highest BCUT2D eigenvalue weighted by Gasteiger charge is 2.24. The predicted molar refractivity (Wildman–Crippen MR) is 101 cm³/mol. The Balaban J connectivity index is 1.73. The Hall–Kier alpha value is -1.15. The molecule has 126 valence electrons. The first-order valence-corrected chi connectivity index (χ1v) is 9.79. The summed E-state index contributed by atoms with van der Waals surface area (Å²) in [6.45, 7) is 1.15. The van der Waals surface area contributed by atoms with Gasteiger partial charge in [0.15, 0.2) is 0 Å². The van der Waals surface area contributed by atoms with Crippen LogP contribution in [0.4, 0.5) is 8.78 Å². The molecule has 1 aliphatic rings. The molecule has 1 fully saturated rings. The number of halogens is 3. The molecule has 1 amide bonds. The normalized spacial score (nSPS) is 18.3. The van der Waals surface area contributed by atoms with Gasteiger partial charge in [-0.05, 0) is 65.4 Å². The monoisotopic (exact) mass is 459 g/mol. The molecule has 1 heterocycles. The van der Waals surface area contributed by atoms with Crippen LogP contribution in [-0.4, -0.2) is 29.6 Å². The van der Waals surface area contributed by atoms with E-state index in [1.165, 1.54) is 12.1 Å². The summed E-state index contributed by atoms with van der Waals surface area (Å²) in [6, 6.07) is 11.1. The van der Waals surface area contributed by atoms with Crippen LogP contribution in [0.25, 0.3) is 0 Å². The highest BCUT2D eigenvalue weighted by molar-refractivity contribution is 14.1. The number of amides is 1. The largest absolute Gasteiger partial charge is 0.338 e. The van der Waals surface area contributed by atoms with Gasteiger partial charge in [0.05, 0.1) is 0 Å². The molecule has 1 saturated heterocycles. The van der Waals surface area contributed by atoms with Crippen molar-refractivity contribution in [2.24, 2.45) is 0 Å². The molecule has 0 spiro atoms. The highest BCUT2D eigenvalue weighted by Crippen LogP contribution is 2.36. The Morgan fingerprint density at radius 2 is 2.00 bits per heavy atom. The average molecular weight is 459 g/mol. The molecule has 0 saturated carbocycles. The maximum atomic E-state index is 14.0. The molecular formula is C18H16F2INOS. The molecule has 1 atom stereocenters. The van der Waals surface area contributed by atoms with E-state index in [-0.39, 0.29) is 17.0 Å². The minimum atomic E-state index is -0.428. The second-order valence-corrected chi connectivity index (χ2v) is 8.17. The summed E-state index contributed by atoms with van der Waals surface area (Å²) in [5, 5.41) is -0.130. The molecule has 0 N–H and O–H groups in total. The zero-order valence-corrected chi connectivity index (χ0v) is 15.8. The molecule has 0 bridgehead atoms. The molecule has 0 aliphatic carbocycles. The molecule has 1 unspecified atom stereocenters. The van der Waals surface area contributed by atoms with Crippen LogP contribution >= 0.6 is 34.4 Å². The third-order valence-corrected chi connectivity index (χ3v) is 5.99. The summed E-state index contributed by atoms with van der Waals surface area (Å²) in [4.78, 5) is 14.4. The second-order valence-electron chi connectivity index (χ2n) is 5.62. The van der Waals surface area contributed by atoms with Gasteiger partial charge in [-0.2, -0.15) is 11.8 Å². The van der Waals surface area contributed by atoms with Crippen molar-refractivity contribution in [3.63, 3.8) is 0 Å². The second kappa shape index (κ2) is 7.82. The van der Waals surface area contributed by atoms with Crippen LogP contribution in [0.2, 0.25) is 0 Å². The van der Waals surface area contributed by atoms with Gasteiger partial charge in [-0.15, -0.1) is 0 Å². The van der Waals surface area contributed by atoms with Crippen LogP contribution in [0.3, 0.4) is 0 Å². The molecule has 1 aliphatic heterocycles. The topological polar surface area (TPSA) is 20.3 Å². The Morgan fingerprint density at radius 3 is 2.79 bits per heavy atom. The van der Waals surface area contributed by atoms with E-state index >= 15 is 0 Å². The summed E-state index contributed by atoms with van der Waals surface area (Å²) in [5.74, 6) is -0.111. The number of benzene rings is 2. The van der Waals surface area contributed by atoms with Crippen molar-refractivity contribution in [1.82, 2.24) is 4.90 Å². The molecule has 0 radical (unpaired) electrons.